The summed E-state index contributed by atoms with van der Waals surface area (Å²) >= 11 is 0. The van der Waals surface area contributed by atoms with Crippen molar-refractivity contribution in [2.45, 2.75) is 0 Å². The average Bonchev–Trinajstić information content (AvgIpc) is 0. The summed E-state index contributed by atoms with van der Waals surface area (Å²) in [7, 11) is 0. The maximum absolute atomic E-state index is 0. The van der Waals surface area contributed by atoms with Gasteiger partial charge < -0.3 is 44.6 Å². The van der Waals surface area contributed by atoms with Crippen molar-refractivity contribution in [3.8, 4) is 0 Å². The van der Waals surface area contributed by atoms with Crippen LogP contribution in [0, 0.1) is 44.6 Å². The molecule has 0 N–H and O–H groups in total. The van der Waals surface area contributed by atoms with E-state index in [1.165, 1.54) is 0 Å². The van der Waals surface area contributed by atoms with Crippen LogP contribution in [-0.4, -0.2) is 0 Å². The molecule has 0 saturated heterocycles. The van der Waals surface area contributed by atoms with Crippen molar-refractivity contribution < 1.29 is 16.5 Å². The summed E-state index contributed by atoms with van der Waals surface area (Å²) in [4.78, 5) is 0. The molecule has 0 nitrogen and oxygen atoms in total. The Hall–Kier alpha value is 0.494. The van der Waals surface area contributed by atoms with Crippen molar-refractivity contribution in [2.75, 3.05) is 0 Å². The fraction of sp³-hybridized carbons (Fsp3) is 0. The molecule has 0 aromatic heterocycles. The molecule has 0 amide bonds. The number of hydrogen-bond acceptors (Lipinski definition) is 0. The Bertz CT molecular complexity index is 4.14. The third kappa shape index (κ3) is 538. The van der Waals surface area contributed by atoms with Gasteiger partial charge in [0.05, 0.1) is 0 Å². The minimum atomic E-state index is 0. The summed E-state index contributed by atoms with van der Waals surface area (Å²) in [6.07, 6.45) is 0. The van der Waals surface area contributed by atoms with Gasteiger partial charge in [-0.3, -0.25) is 0 Å². The summed E-state index contributed by atoms with van der Waals surface area (Å²) < 4.78 is 0. The van der Waals surface area contributed by atoms with Crippen molar-refractivity contribution in [3.63, 3.8) is 0 Å². The van der Waals surface area contributed by atoms with Gasteiger partial charge in [0.1, 0.15) is 0 Å². The van der Waals surface area contributed by atoms with E-state index in [9.17, 15) is 0 Å². The second-order valence-corrected chi connectivity index (χ2v) is 0. The molecule has 0 bridgehead atoms. The summed E-state index contributed by atoms with van der Waals surface area (Å²) in [6.45, 7) is 0. The summed E-state index contributed by atoms with van der Waals surface area (Å²) in [6, 6.07) is 0. The first-order valence-electron chi connectivity index (χ1n) is 0. The van der Waals surface area contributed by atoms with Gasteiger partial charge in [0.2, 0.25) is 0 Å². The van der Waals surface area contributed by atoms with E-state index in [2.05, 4.69) is 0 Å². The van der Waals surface area contributed by atoms with Crippen molar-refractivity contribution in [2.24, 2.45) is 0 Å². The summed E-state index contributed by atoms with van der Waals surface area (Å²) in [5.74, 6) is 0. The smallest absolute Gasteiger partial charge is 0 e. The molecular formula is C6H18Ni-6. The Morgan fingerprint density at radius 2 is 0.286 bits per heavy atom. The van der Waals surface area contributed by atoms with Gasteiger partial charge in [-0.2, -0.15) is 0 Å². The predicted octanol–water partition coefficient (Wildman–Crippen LogP) is 2.70. The fourth-order valence-electron chi connectivity index (χ4n) is 0. The molecule has 0 atom stereocenters. The molecule has 0 aliphatic carbocycles. The molecule has 0 spiro atoms. The van der Waals surface area contributed by atoms with Crippen LogP contribution < -0.4 is 0 Å². The number of rotatable bonds is 0. The van der Waals surface area contributed by atoms with E-state index in [0.717, 1.165) is 0 Å². The first-order valence-corrected chi connectivity index (χ1v) is 0. The molecule has 0 aliphatic rings. The van der Waals surface area contributed by atoms with Crippen molar-refractivity contribution >= 4 is 0 Å². The minimum absolute atomic E-state index is 0. The SMILES string of the molecule is [CH3-].[CH3-].[CH3-].[CH3-].[CH3-].[CH3-].[Ni]. The molecule has 0 aromatic rings. The maximum atomic E-state index is 0. The van der Waals surface area contributed by atoms with E-state index < -0.39 is 0 Å². The monoisotopic (exact) mass is 148 g/mol. The normalized spacial score (nSPS) is 0. The molecule has 0 unspecified atom stereocenters. The third-order valence-corrected chi connectivity index (χ3v) is 0. The molecule has 0 aliphatic heterocycles. The first kappa shape index (κ1) is 1300. The topological polar surface area (TPSA) is 0 Å². The fourth-order valence-corrected chi connectivity index (χ4v) is 0. The van der Waals surface area contributed by atoms with Crippen LogP contribution in [0.15, 0.2) is 0 Å². The minimum Gasteiger partial charge on any atom is -0.358 e. The van der Waals surface area contributed by atoms with Crippen LogP contribution in [-0.2, 0) is 16.5 Å². The zero-order valence-corrected chi connectivity index (χ0v) is 7.30. The van der Waals surface area contributed by atoms with Gasteiger partial charge in [0.25, 0.3) is 0 Å². The average molecular weight is 149 g/mol. The van der Waals surface area contributed by atoms with Crippen LogP contribution in [0.2, 0.25) is 0 Å². The summed E-state index contributed by atoms with van der Waals surface area (Å²) in [5, 5.41) is 0. The second-order valence-electron chi connectivity index (χ2n) is 0. The van der Waals surface area contributed by atoms with E-state index in [4.69, 9.17) is 0 Å². The molecule has 58 valence electrons. The molecule has 0 aromatic carbocycles. The maximum Gasteiger partial charge on any atom is 0 e. The van der Waals surface area contributed by atoms with Crippen LogP contribution in [0.1, 0.15) is 0 Å². The molecule has 0 saturated carbocycles. The standard InChI is InChI=1S/6CH3.Ni/h6*1H3;/q6*-1;. The van der Waals surface area contributed by atoms with E-state index in [1.807, 2.05) is 0 Å². The molecule has 0 rings (SSSR count). The third-order valence-electron chi connectivity index (χ3n) is 0. The largest absolute Gasteiger partial charge is 0.358 e. The Morgan fingerprint density at radius 3 is 0.286 bits per heavy atom. The Balaban J connectivity index is 0. The van der Waals surface area contributed by atoms with E-state index in [-0.39, 0.29) is 61.1 Å². The predicted molar refractivity (Wildman–Crippen MR) is 38.5 cm³/mol. The molecular weight excluding hydrogens is 131 g/mol. The van der Waals surface area contributed by atoms with Crippen LogP contribution in [0.5, 0.6) is 0 Å². The van der Waals surface area contributed by atoms with E-state index >= 15 is 0 Å². The van der Waals surface area contributed by atoms with Crippen LogP contribution in [0.3, 0.4) is 0 Å². The van der Waals surface area contributed by atoms with Gasteiger partial charge in [-0.1, -0.05) is 0 Å². The van der Waals surface area contributed by atoms with Gasteiger partial charge in [0.15, 0.2) is 0 Å². The molecule has 0 heterocycles. The molecule has 7 heavy (non-hydrogen) atoms. The Labute approximate surface area is 61.6 Å². The molecule has 1 heteroatoms. The zero-order chi connectivity index (χ0) is 0. The van der Waals surface area contributed by atoms with Gasteiger partial charge in [-0.15, -0.1) is 0 Å². The van der Waals surface area contributed by atoms with Gasteiger partial charge in [-0.05, 0) is 0 Å². The molecule has 0 fully saturated rings. The quantitative estimate of drug-likeness (QED) is 0.366. The van der Waals surface area contributed by atoms with Gasteiger partial charge >= 0.3 is 0 Å². The van der Waals surface area contributed by atoms with Crippen molar-refractivity contribution in [1.82, 2.24) is 0 Å². The molecule has 0 radical (unpaired) electrons. The Morgan fingerprint density at radius 1 is 0.286 bits per heavy atom. The van der Waals surface area contributed by atoms with Crippen molar-refractivity contribution in [3.05, 3.63) is 44.6 Å². The first-order chi connectivity index (χ1) is 0. The van der Waals surface area contributed by atoms with E-state index in [0.29, 0.717) is 0 Å². The van der Waals surface area contributed by atoms with Crippen LogP contribution in [0.4, 0.5) is 0 Å². The van der Waals surface area contributed by atoms with Crippen LogP contribution in [0.25, 0.3) is 0 Å². The Kier molecular flexibility index (Phi) is 149000. The second kappa shape index (κ2) is 805. The number of hydrogen-bond donors (Lipinski definition) is 0. The zero-order valence-electron chi connectivity index (χ0n) is 6.32. The van der Waals surface area contributed by atoms with Gasteiger partial charge in [0, 0.05) is 16.5 Å². The van der Waals surface area contributed by atoms with E-state index in [1.54, 1.807) is 0 Å². The van der Waals surface area contributed by atoms with Crippen LogP contribution >= 0.6 is 0 Å². The van der Waals surface area contributed by atoms with Crippen molar-refractivity contribution in [1.29, 1.82) is 0 Å². The summed E-state index contributed by atoms with van der Waals surface area (Å²) in [5.41, 5.74) is 0. The van der Waals surface area contributed by atoms with Gasteiger partial charge in [-0.25, -0.2) is 0 Å².